The van der Waals surface area contributed by atoms with Crippen LogP contribution in [0, 0.1) is 0 Å². The smallest absolute Gasteiger partial charge is 0.301 e. The van der Waals surface area contributed by atoms with Crippen molar-refractivity contribution in [3.05, 3.63) is 59.9 Å². The van der Waals surface area contributed by atoms with Crippen molar-refractivity contribution < 1.29 is 19.4 Å². The Hall–Kier alpha value is -3.32. The van der Waals surface area contributed by atoms with E-state index in [4.69, 9.17) is 4.74 Å². The number of likely N-dealkylation sites (N-methyl/N-ethyl adjacent to an activating group) is 1. The standard InChI is InChI=1S/C24H27N3O4/c1-3-25-13-15-26(16-14-25)18-7-9-19(10-8-18)27-23(29)21(22(28)24(27)30)17-5-11-20(12-6-17)31-4-2/h5-12,28H,3-4,13-16H2,1-2H3. The number of piperazine rings is 1. The lowest BCUT2D eigenvalue weighted by Crippen LogP contribution is -2.46. The third kappa shape index (κ3) is 4.01. The number of anilines is 2. The average molecular weight is 421 g/mol. The molecular weight excluding hydrogens is 394 g/mol. The second-order valence-corrected chi connectivity index (χ2v) is 7.56. The van der Waals surface area contributed by atoms with Crippen molar-refractivity contribution in [3.63, 3.8) is 0 Å². The lowest BCUT2D eigenvalue weighted by atomic mass is 10.1. The minimum Gasteiger partial charge on any atom is -0.502 e. The summed E-state index contributed by atoms with van der Waals surface area (Å²) >= 11 is 0. The number of rotatable bonds is 6. The van der Waals surface area contributed by atoms with Crippen LogP contribution in [0.4, 0.5) is 11.4 Å². The van der Waals surface area contributed by atoms with Gasteiger partial charge in [0.15, 0.2) is 5.76 Å². The number of imide groups is 1. The summed E-state index contributed by atoms with van der Waals surface area (Å²) in [6, 6.07) is 14.1. The Bertz CT molecular complexity index is 990. The molecule has 2 aliphatic heterocycles. The van der Waals surface area contributed by atoms with E-state index in [1.54, 1.807) is 36.4 Å². The molecule has 2 aromatic carbocycles. The molecule has 162 valence electrons. The van der Waals surface area contributed by atoms with Gasteiger partial charge in [-0.25, -0.2) is 4.90 Å². The summed E-state index contributed by atoms with van der Waals surface area (Å²) in [6.07, 6.45) is 0. The fourth-order valence-electron chi connectivity index (χ4n) is 4.03. The Morgan fingerprint density at radius 3 is 2.03 bits per heavy atom. The second kappa shape index (κ2) is 8.81. The third-order valence-electron chi connectivity index (χ3n) is 5.81. The summed E-state index contributed by atoms with van der Waals surface area (Å²) in [5.41, 5.74) is 1.99. The van der Waals surface area contributed by atoms with Crippen molar-refractivity contribution in [1.82, 2.24) is 4.90 Å². The van der Waals surface area contributed by atoms with Crippen LogP contribution in [0.3, 0.4) is 0 Å². The number of aliphatic hydroxyl groups is 1. The van der Waals surface area contributed by atoms with Crippen molar-refractivity contribution >= 4 is 28.8 Å². The zero-order valence-corrected chi connectivity index (χ0v) is 17.9. The van der Waals surface area contributed by atoms with Crippen molar-refractivity contribution in [2.75, 3.05) is 49.1 Å². The zero-order chi connectivity index (χ0) is 22.0. The first-order chi connectivity index (χ1) is 15.0. The fourth-order valence-corrected chi connectivity index (χ4v) is 4.03. The molecule has 0 aliphatic carbocycles. The summed E-state index contributed by atoms with van der Waals surface area (Å²) in [4.78, 5) is 31.4. The van der Waals surface area contributed by atoms with E-state index in [9.17, 15) is 14.7 Å². The maximum atomic E-state index is 13.0. The maximum Gasteiger partial charge on any atom is 0.301 e. The van der Waals surface area contributed by atoms with Crippen LogP contribution in [0.5, 0.6) is 5.75 Å². The highest BCUT2D eigenvalue weighted by Crippen LogP contribution is 2.33. The quantitative estimate of drug-likeness (QED) is 0.723. The molecule has 2 aromatic rings. The molecule has 0 atom stereocenters. The molecular formula is C24H27N3O4. The lowest BCUT2D eigenvalue weighted by Gasteiger charge is -2.35. The molecule has 2 aliphatic rings. The van der Waals surface area contributed by atoms with Crippen LogP contribution < -0.4 is 14.5 Å². The zero-order valence-electron chi connectivity index (χ0n) is 17.9. The number of carbonyl (C=O) groups excluding carboxylic acids is 2. The van der Waals surface area contributed by atoms with E-state index < -0.39 is 17.6 Å². The molecule has 2 heterocycles. The number of nitrogens with zero attached hydrogens (tertiary/aromatic N) is 3. The molecule has 7 nitrogen and oxygen atoms in total. The number of benzene rings is 2. The summed E-state index contributed by atoms with van der Waals surface area (Å²) in [7, 11) is 0. The molecule has 1 fully saturated rings. The van der Waals surface area contributed by atoms with E-state index in [1.807, 2.05) is 19.1 Å². The predicted molar refractivity (Wildman–Crippen MR) is 120 cm³/mol. The largest absolute Gasteiger partial charge is 0.502 e. The summed E-state index contributed by atoms with van der Waals surface area (Å²) in [6.45, 7) is 9.56. The first-order valence-corrected chi connectivity index (χ1v) is 10.7. The Labute approximate surface area is 182 Å². The minimum atomic E-state index is -0.710. The Balaban J connectivity index is 1.52. The Morgan fingerprint density at radius 2 is 1.45 bits per heavy atom. The van der Waals surface area contributed by atoms with Gasteiger partial charge < -0.3 is 19.6 Å². The molecule has 2 amide bonds. The highest BCUT2D eigenvalue weighted by atomic mass is 16.5. The number of hydrogen-bond donors (Lipinski definition) is 1. The summed E-state index contributed by atoms with van der Waals surface area (Å²) in [5, 5.41) is 10.4. The third-order valence-corrected chi connectivity index (χ3v) is 5.81. The van der Waals surface area contributed by atoms with Crippen LogP contribution in [0.1, 0.15) is 19.4 Å². The van der Waals surface area contributed by atoms with Gasteiger partial charge in [0.25, 0.3) is 5.91 Å². The number of aliphatic hydroxyl groups excluding tert-OH is 1. The van der Waals surface area contributed by atoms with Crippen LogP contribution in [0.25, 0.3) is 5.57 Å². The monoisotopic (exact) mass is 421 g/mol. The topological polar surface area (TPSA) is 73.3 Å². The number of ether oxygens (including phenoxy) is 1. The number of carbonyl (C=O) groups is 2. The molecule has 7 heteroatoms. The second-order valence-electron chi connectivity index (χ2n) is 7.56. The van der Waals surface area contributed by atoms with E-state index >= 15 is 0 Å². The van der Waals surface area contributed by atoms with Crippen LogP contribution in [-0.4, -0.2) is 61.2 Å². The van der Waals surface area contributed by atoms with Gasteiger partial charge in [0.1, 0.15) is 5.75 Å². The Kier molecular flexibility index (Phi) is 5.95. The van der Waals surface area contributed by atoms with E-state index in [0.717, 1.165) is 43.3 Å². The summed E-state index contributed by atoms with van der Waals surface area (Å²) < 4.78 is 5.41. The van der Waals surface area contributed by atoms with Gasteiger partial charge in [-0.2, -0.15) is 0 Å². The van der Waals surface area contributed by atoms with E-state index in [1.165, 1.54) is 0 Å². The highest BCUT2D eigenvalue weighted by Gasteiger charge is 2.40. The SMILES string of the molecule is CCOc1ccc(C2=C(O)C(=O)N(c3ccc(N4CCN(CC)CC4)cc3)C2=O)cc1. The predicted octanol–water partition coefficient (Wildman–Crippen LogP) is 3.07. The van der Waals surface area contributed by atoms with E-state index in [0.29, 0.717) is 23.6 Å². The summed E-state index contributed by atoms with van der Waals surface area (Å²) in [5.74, 6) is -1.11. The van der Waals surface area contributed by atoms with E-state index in [-0.39, 0.29) is 5.57 Å². The van der Waals surface area contributed by atoms with Gasteiger partial charge in [-0.3, -0.25) is 9.59 Å². The van der Waals surface area contributed by atoms with Crippen LogP contribution in [0.2, 0.25) is 0 Å². The van der Waals surface area contributed by atoms with Crippen molar-refractivity contribution in [2.45, 2.75) is 13.8 Å². The van der Waals surface area contributed by atoms with Crippen LogP contribution >= 0.6 is 0 Å². The van der Waals surface area contributed by atoms with Crippen molar-refractivity contribution in [3.8, 4) is 5.75 Å². The minimum absolute atomic E-state index is 0.00723. The van der Waals surface area contributed by atoms with Gasteiger partial charge >= 0.3 is 5.91 Å². The molecule has 0 saturated carbocycles. The number of hydrogen-bond acceptors (Lipinski definition) is 6. The average Bonchev–Trinajstić information content (AvgIpc) is 3.03. The van der Waals surface area contributed by atoms with Crippen LogP contribution in [0.15, 0.2) is 54.3 Å². The van der Waals surface area contributed by atoms with Gasteiger partial charge in [0, 0.05) is 31.9 Å². The van der Waals surface area contributed by atoms with Crippen molar-refractivity contribution in [1.29, 1.82) is 0 Å². The molecule has 1 saturated heterocycles. The Morgan fingerprint density at radius 1 is 0.839 bits per heavy atom. The van der Waals surface area contributed by atoms with Gasteiger partial charge in [0.05, 0.1) is 17.9 Å². The molecule has 0 radical (unpaired) electrons. The fraction of sp³-hybridized carbons (Fsp3) is 0.333. The molecule has 0 bridgehead atoms. The molecule has 4 rings (SSSR count). The highest BCUT2D eigenvalue weighted by molar-refractivity contribution is 6.44. The van der Waals surface area contributed by atoms with Gasteiger partial charge in [-0.05, 0) is 55.4 Å². The molecule has 31 heavy (non-hydrogen) atoms. The molecule has 1 N–H and O–H groups in total. The van der Waals surface area contributed by atoms with Crippen LogP contribution in [-0.2, 0) is 9.59 Å². The normalized spacial score (nSPS) is 17.6. The van der Waals surface area contributed by atoms with Gasteiger partial charge in [-0.1, -0.05) is 19.1 Å². The molecule has 0 aromatic heterocycles. The maximum absolute atomic E-state index is 13.0. The van der Waals surface area contributed by atoms with Gasteiger partial charge in [0.2, 0.25) is 0 Å². The lowest BCUT2D eigenvalue weighted by molar-refractivity contribution is -0.121. The van der Waals surface area contributed by atoms with E-state index in [2.05, 4.69) is 16.7 Å². The van der Waals surface area contributed by atoms with Gasteiger partial charge in [-0.15, -0.1) is 0 Å². The first kappa shape index (κ1) is 20.9. The molecule has 0 unspecified atom stereocenters. The van der Waals surface area contributed by atoms with Crippen molar-refractivity contribution in [2.24, 2.45) is 0 Å². The molecule has 0 spiro atoms. The number of amides is 2. The first-order valence-electron chi connectivity index (χ1n) is 10.7.